The molecule has 2 nitrogen and oxygen atoms in total. The number of hydrogen-bond donors (Lipinski definition) is 0. The minimum absolute atomic E-state index is 0.107. The van der Waals surface area contributed by atoms with Gasteiger partial charge in [0.1, 0.15) is 0 Å². The molecule has 1 saturated heterocycles. The molecule has 1 aromatic rings. The Morgan fingerprint density at radius 2 is 1.89 bits per heavy atom. The largest absolute Gasteiger partial charge is 0.284 e. The van der Waals surface area contributed by atoms with E-state index in [-0.39, 0.29) is 11.5 Å². The molecule has 0 aliphatic carbocycles. The highest BCUT2D eigenvalue weighted by Crippen LogP contribution is 2.24. The average Bonchev–Trinajstić information content (AvgIpc) is 2.39. The molecule has 1 fully saturated rings. The van der Waals surface area contributed by atoms with E-state index in [1.165, 1.54) is 24.0 Å². The maximum Gasteiger partial charge on any atom is 0.0980 e. The van der Waals surface area contributed by atoms with E-state index >= 15 is 0 Å². The van der Waals surface area contributed by atoms with Gasteiger partial charge in [0.15, 0.2) is 0 Å². The molecule has 19 heavy (non-hydrogen) atoms. The quantitative estimate of drug-likeness (QED) is 0.803. The van der Waals surface area contributed by atoms with Gasteiger partial charge in [-0.3, -0.25) is 4.90 Å². The first-order valence-electron chi connectivity index (χ1n) is 7.24. The number of benzene rings is 1. The Bertz CT molecular complexity index is 448. The third kappa shape index (κ3) is 3.58. The molecule has 0 spiro atoms. The summed E-state index contributed by atoms with van der Waals surface area (Å²) in [5, 5.41) is 9.20. The molecule has 0 aromatic heterocycles. The summed E-state index contributed by atoms with van der Waals surface area (Å²) in [5.41, 5.74) is 2.89. The second kappa shape index (κ2) is 5.75. The predicted octanol–water partition coefficient (Wildman–Crippen LogP) is 3.86. The van der Waals surface area contributed by atoms with Crippen LogP contribution in [0.3, 0.4) is 0 Å². The molecule has 1 aliphatic heterocycles. The normalized spacial score (nSPS) is 21.1. The Hall–Kier alpha value is -1.33. The fourth-order valence-corrected chi connectivity index (χ4v) is 2.67. The van der Waals surface area contributed by atoms with Crippen LogP contribution in [0.25, 0.3) is 0 Å². The van der Waals surface area contributed by atoms with Crippen LogP contribution in [0.1, 0.15) is 51.2 Å². The van der Waals surface area contributed by atoms with Crippen molar-refractivity contribution < 1.29 is 0 Å². The molecule has 2 rings (SSSR count). The first-order chi connectivity index (χ1) is 9.00. The number of nitrogens with zero attached hydrogens (tertiary/aromatic N) is 2. The summed E-state index contributed by atoms with van der Waals surface area (Å²) >= 11 is 0. The van der Waals surface area contributed by atoms with Crippen molar-refractivity contribution in [1.29, 1.82) is 5.26 Å². The zero-order chi connectivity index (χ0) is 13.9. The van der Waals surface area contributed by atoms with Crippen LogP contribution in [0.15, 0.2) is 24.3 Å². The van der Waals surface area contributed by atoms with Gasteiger partial charge in [-0.15, -0.1) is 0 Å². The van der Waals surface area contributed by atoms with Gasteiger partial charge in [0, 0.05) is 6.54 Å². The molecular weight excluding hydrogens is 232 g/mol. The minimum atomic E-state index is 0.107. The van der Waals surface area contributed by atoms with Gasteiger partial charge in [0.05, 0.1) is 12.1 Å². The van der Waals surface area contributed by atoms with Gasteiger partial charge in [-0.1, -0.05) is 45.0 Å². The lowest BCUT2D eigenvalue weighted by molar-refractivity contribution is 0.176. The zero-order valence-corrected chi connectivity index (χ0v) is 12.3. The second-order valence-corrected chi connectivity index (χ2v) is 6.56. The van der Waals surface area contributed by atoms with Crippen LogP contribution in [-0.4, -0.2) is 17.5 Å². The van der Waals surface area contributed by atoms with Crippen molar-refractivity contribution in [2.24, 2.45) is 0 Å². The molecule has 0 N–H and O–H groups in total. The Balaban J connectivity index is 2.05. The fourth-order valence-electron chi connectivity index (χ4n) is 2.67. The summed E-state index contributed by atoms with van der Waals surface area (Å²) in [5.74, 6) is 0. The van der Waals surface area contributed by atoms with E-state index in [2.05, 4.69) is 56.0 Å². The Kier molecular flexibility index (Phi) is 4.27. The van der Waals surface area contributed by atoms with Crippen LogP contribution < -0.4 is 0 Å². The van der Waals surface area contributed by atoms with Crippen molar-refractivity contribution >= 4 is 0 Å². The van der Waals surface area contributed by atoms with Crippen molar-refractivity contribution in [3.63, 3.8) is 0 Å². The second-order valence-electron chi connectivity index (χ2n) is 6.56. The molecule has 1 unspecified atom stereocenters. The number of nitriles is 1. The predicted molar refractivity (Wildman–Crippen MR) is 78.8 cm³/mol. The highest BCUT2D eigenvalue weighted by molar-refractivity contribution is 5.27. The van der Waals surface area contributed by atoms with Gasteiger partial charge in [-0.2, -0.15) is 5.26 Å². The van der Waals surface area contributed by atoms with Gasteiger partial charge in [0.2, 0.25) is 0 Å². The van der Waals surface area contributed by atoms with Gasteiger partial charge in [-0.05, 0) is 42.3 Å². The lowest BCUT2D eigenvalue weighted by atomic mass is 9.86. The third-order valence-corrected chi connectivity index (χ3v) is 3.97. The standard InChI is InChI=1S/C17H24N2/c1-17(2,3)15-9-7-14(8-10-15)13-19-11-5-4-6-16(19)12-18/h7-10,16H,4-6,11,13H2,1-3H3. The number of rotatable bonds is 2. The molecule has 0 amide bonds. The van der Waals surface area contributed by atoms with Crippen LogP contribution in [0.2, 0.25) is 0 Å². The fraction of sp³-hybridized carbons (Fsp3) is 0.588. The topological polar surface area (TPSA) is 27.0 Å². The summed E-state index contributed by atoms with van der Waals surface area (Å²) < 4.78 is 0. The number of piperidine rings is 1. The number of hydrogen-bond acceptors (Lipinski definition) is 2. The van der Waals surface area contributed by atoms with E-state index in [1.54, 1.807) is 0 Å². The van der Waals surface area contributed by atoms with Crippen LogP contribution in [-0.2, 0) is 12.0 Å². The summed E-state index contributed by atoms with van der Waals surface area (Å²) in [6, 6.07) is 11.4. The summed E-state index contributed by atoms with van der Waals surface area (Å²) in [7, 11) is 0. The van der Waals surface area contributed by atoms with Crippen LogP contribution >= 0.6 is 0 Å². The monoisotopic (exact) mass is 256 g/mol. The Labute approximate surface area is 117 Å². The smallest absolute Gasteiger partial charge is 0.0980 e. The molecule has 1 aliphatic rings. The molecule has 0 saturated carbocycles. The van der Waals surface area contributed by atoms with Gasteiger partial charge < -0.3 is 0 Å². The Morgan fingerprint density at radius 3 is 2.47 bits per heavy atom. The van der Waals surface area contributed by atoms with Crippen molar-refractivity contribution in [3.8, 4) is 6.07 Å². The molecule has 2 heteroatoms. The van der Waals surface area contributed by atoms with E-state index in [9.17, 15) is 5.26 Å². The molecule has 0 bridgehead atoms. The van der Waals surface area contributed by atoms with Crippen molar-refractivity contribution in [2.45, 2.75) is 58.0 Å². The van der Waals surface area contributed by atoms with E-state index in [1.807, 2.05) is 0 Å². The van der Waals surface area contributed by atoms with Crippen molar-refractivity contribution in [1.82, 2.24) is 4.90 Å². The summed E-state index contributed by atoms with van der Waals surface area (Å²) in [4.78, 5) is 2.32. The van der Waals surface area contributed by atoms with Crippen molar-refractivity contribution in [3.05, 3.63) is 35.4 Å². The maximum absolute atomic E-state index is 9.20. The van der Waals surface area contributed by atoms with E-state index in [0.717, 1.165) is 19.5 Å². The summed E-state index contributed by atoms with van der Waals surface area (Å²) in [6.45, 7) is 8.66. The zero-order valence-electron chi connectivity index (χ0n) is 12.3. The highest BCUT2D eigenvalue weighted by atomic mass is 15.2. The number of likely N-dealkylation sites (tertiary alicyclic amines) is 1. The third-order valence-electron chi connectivity index (χ3n) is 3.97. The lowest BCUT2D eigenvalue weighted by Crippen LogP contribution is -2.37. The molecular formula is C17H24N2. The van der Waals surface area contributed by atoms with Crippen LogP contribution in [0.5, 0.6) is 0 Å². The first-order valence-corrected chi connectivity index (χ1v) is 7.24. The van der Waals surface area contributed by atoms with E-state index < -0.39 is 0 Å². The van der Waals surface area contributed by atoms with Crippen molar-refractivity contribution in [2.75, 3.05) is 6.54 Å². The minimum Gasteiger partial charge on any atom is -0.284 e. The lowest BCUT2D eigenvalue weighted by Gasteiger charge is -2.31. The average molecular weight is 256 g/mol. The van der Waals surface area contributed by atoms with Gasteiger partial charge in [-0.25, -0.2) is 0 Å². The molecule has 0 radical (unpaired) electrons. The summed E-state index contributed by atoms with van der Waals surface area (Å²) in [6.07, 6.45) is 3.44. The molecule has 1 aromatic carbocycles. The van der Waals surface area contributed by atoms with Gasteiger partial charge >= 0.3 is 0 Å². The first kappa shape index (κ1) is 14.1. The van der Waals surface area contributed by atoms with E-state index in [4.69, 9.17) is 0 Å². The van der Waals surface area contributed by atoms with Crippen LogP contribution in [0.4, 0.5) is 0 Å². The highest BCUT2D eigenvalue weighted by Gasteiger charge is 2.22. The SMILES string of the molecule is CC(C)(C)c1ccc(CN2CCCCC2C#N)cc1. The molecule has 1 heterocycles. The Morgan fingerprint density at radius 1 is 1.21 bits per heavy atom. The van der Waals surface area contributed by atoms with Crippen LogP contribution in [0, 0.1) is 11.3 Å². The maximum atomic E-state index is 9.20. The van der Waals surface area contributed by atoms with Gasteiger partial charge in [0.25, 0.3) is 0 Å². The molecule has 102 valence electrons. The molecule has 1 atom stereocenters. The van der Waals surface area contributed by atoms with E-state index in [0.29, 0.717) is 0 Å².